The van der Waals surface area contributed by atoms with Gasteiger partial charge in [0.25, 0.3) is 5.91 Å². The Kier molecular flexibility index (Phi) is 5.80. The lowest BCUT2D eigenvalue weighted by Crippen LogP contribution is -2.50. The highest BCUT2D eigenvalue weighted by Crippen LogP contribution is 2.19. The number of benzene rings is 1. The van der Waals surface area contributed by atoms with Crippen LogP contribution in [-0.2, 0) is 4.79 Å². The van der Waals surface area contributed by atoms with Gasteiger partial charge in [0.1, 0.15) is 0 Å². The largest absolute Gasteiger partial charge is 0.339 e. The molecule has 0 spiro atoms. The number of piperazine rings is 1. The second-order valence-corrected chi connectivity index (χ2v) is 6.55. The molecule has 1 saturated heterocycles. The molecule has 4 nitrogen and oxygen atoms in total. The highest BCUT2D eigenvalue weighted by Gasteiger charge is 2.26. The molecule has 0 atom stereocenters. The van der Waals surface area contributed by atoms with Crippen LogP contribution in [0.1, 0.15) is 53.2 Å². The van der Waals surface area contributed by atoms with Crippen LogP contribution in [0.3, 0.4) is 0 Å². The number of carbonyl (C=O) groups is 2. The Morgan fingerprint density at radius 3 is 2.00 bits per heavy atom. The maximum absolute atomic E-state index is 12.8. The first kappa shape index (κ1) is 17.5. The Balaban J connectivity index is 2.00. The second-order valence-electron chi connectivity index (χ2n) is 6.55. The Morgan fingerprint density at radius 1 is 0.957 bits per heavy atom. The summed E-state index contributed by atoms with van der Waals surface area (Å²) in [5.74, 6) is 0.322. The van der Waals surface area contributed by atoms with Gasteiger partial charge < -0.3 is 9.80 Å². The molecule has 0 aliphatic carbocycles. The van der Waals surface area contributed by atoms with E-state index in [1.165, 1.54) is 5.56 Å². The summed E-state index contributed by atoms with van der Waals surface area (Å²) in [5, 5.41) is 0. The summed E-state index contributed by atoms with van der Waals surface area (Å²) in [6.45, 7) is 10.7. The minimum absolute atomic E-state index is 0.0978. The standard InChI is InChI=1S/C19H28N2O2/c1-5-6-7-17(22)20-8-10-21(11-9-20)19(23)18-15(3)12-14(2)13-16(18)4/h12-13H,5-11H2,1-4H3. The van der Waals surface area contributed by atoms with E-state index in [0.29, 0.717) is 32.6 Å². The SMILES string of the molecule is CCCCC(=O)N1CCN(C(=O)c2c(C)cc(C)cc2C)CC1. The number of nitrogens with zero attached hydrogens (tertiary/aromatic N) is 2. The van der Waals surface area contributed by atoms with E-state index in [9.17, 15) is 9.59 Å². The summed E-state index contributed by atoms with van der Waals surface area (Å²) >= 11 is 0. The van der Waals surface area contributed by atoms with Crippen molar-refractivity contribution in [1.29, 1.82) is 0 Å². The predicted molar refractivity (Wildman–Crippen MR) is 92.7 cm³/mol. The third-order valence-electron chi connectivity index (χ3n) is 4.55. The first-order valence-electron chi connectivity index (χ1n) is 8.59. The van der Waals surface area contributed by atoms with Gasteiger partial charge in [-0.05, 0) is 38.3 Å². The second kappa shape index (κ2) is 7.62. The van der Waals surface area contributed by atoms with Crippen LogP contribution in [0.25, 0.3) is 0 Å². The van der Waals surface area contributed by atoms with Crippen molar-refractivity contribution in [2.75, 3.05) is 26.2 Å². The van der Waals surface area contributed by atoms with Crippen molar-refractivity contribution < 1.29 is 9.59 Å². The van der Waals surface area contributed by atoms with Gasteiger partial charge in [-0.1, -0.05) is 31.0 Å². The summed E-state index contributed by atoms with van der Waals surface area (Å²) in [6.07, 6.45) is 2.61. The van der Waals surface area contributed by atoms with Crippen molar-refractivity contribution in [3.8, 4) is 0 Å². The highest BCUT2D eigenvalue weighted by molar-refractivity contribution is 5.97. The van der Waals surface area contributed by atoms with Gasteiger partial charge in [0.2, 0.25) is 5.91 Å². The molecular weight excluding hydrogens is 288 g/mol. The molecule has 0 bridgehead atoms. The zero-order valence-corrected chi connectivity index (χ0v) is 14.8. The van der Waals surface area contributed by atoms with Crippen LogP contribution in [0.4, 0.5) is 0 Å². The van der Waals surface area contributed by atoms with E-state index < -0.39 is 0 Å². The molecule has 1 aromatic rings. The quantitative estimate of drug-likeness (QED) is 0.856. The summed E-state index contributed by atoms with van der Waals surface area (Å²) < 4.78 is 0. The van der Waals surface area contributed by atoms with E-state index in [0.717, 1.165) is 29.5 Å². The van der Waals surface area contributed by atoms with Gasteiger partial charge in [-0.3, -0.25) is 9.59 Å². The fourth-order valence-corrected chi connectivity index (χ4v) is 3.32. The van der Waals surface area contributed by atoms with E-state index in [1.54, 1.807) is 0 Å². The molecule has 0 N–H and O–H groups in total. The van der Waals surface area contributed by atoms with E-state index in [-0.39, 0.29) is 11.8 Å². The number of carbonyl (C=O) groups excluding carboxylic acids is 2. The topological polar surface area (TPSA) is 40.6 Å². The van der Waals surface area contributed by atoms with Crippen LogP contribution >= 0.6 is 0 Å². The van der Waals surface area contributed by atoms with Crippen LogP contribution in [0.5, 0.6) is 0 Å². The molecule has 1 aliphatic heterocycles. The molecule has 126 valence electrons. The lowest BCUT2D eigenvalue weighted by atomic mass is 9.98. The van der Waals surface area contributed by atoms with Crippen molar-refractivity contribution in [3.63, 3.8) is 0 Å². The average molecular weight is 316 g/mol. The third-order valence-corrected chi connectivity index (χ3v) is 4.55. The van der Waals surface area contributed by atoms with Gasteiger partial charge in [-0.2, -0.15) is 0 Å². The Bertz CT molecular complexity index is 564. The minimum Gasteiger partial charge on any atom is -0.339 e. The Labute approximate surface area is 139 Å². The molecule has 0 unspecified atom stereocenters. The summed E-state index contributed by atoms with van der Waals surface area (Å²) in [6, 6.07) is 4.12. The zero-order chi connectivity index (χ0) is 17.0. The lowest BCUT2D eigenvalue weighted by Gasteiger charge is -2.35. The molecule has 0 saturated carbocycles. The summed E-state index contributed by atoms with van der Waals surface area (Å²) in [5.41, 5.74) is 4.08. The van der Waals surface area contributed by atoms with Crippen molar-refractivity contribution in [2.45, 2.75) is 47.0 Å². The molecule has 2 amide bonds. The summed E-state index contributed by atoms with van der Waals surface area (Å²) in [7, 11) is 0. The molecule has 1 fully saturated rings. The smallest absolute Gasteiger partial charge is 0.254 e. The van der Waals surface area contributed by atoms with Gasteiger partial charge in [0.15, 0.2) is 0 Å². The van der Waals surface area contributed by atoms with Crippen molar-refractivity contribution >= 4 is 11.8 Å². The van der Waals surface area contributed by atoms with Gasteiger partial charge >= 0.3 is 0 Å². The maximum Gasteiger partial charge on any atom is 0.254 e. The molecule has 0 aromatic heterocycles. The lowest BCUT2D eigenvalue weighted by molar-refractivity contribution is -0.132. The van der Waals surface area contributed by atoms with E-state index in [2.05, 4.69) is 26.0 Å². The number of amides is 2. The third kappa shape index (κ3) is 4.12. The van der Waals surface area contributed by atoms with Crippen molar-refractivity contribution in [3.05, 3.63) is 34.4 Å². The molecule has 1 aliphatic rings. The monoisotopic (exact) mass is 316 g/mol. The average Bonchev–Trinajstić information content (AvgIpc) is 2.51. The van der Waals surface area contributed by atoms with E-state index in [4.69, 9.17) is 0 Å². The first-order chi connectivity index (χ1) is 10.9. The predicted octanol–water partition coefficient (Wildman–Crippen LogP) is 3.09. The van der Waals surface area contributed by atoms with Gasteiger partial charge in [-0.15, -0.1) is 0 Å². The first-order valence-corrected chi connectivity index (χ1v) is 8.59. The molecule has 4 heteroatoms. The molecule has 2 rings (SSSR count). The van der Waals surface area contributed by atoms with Gasteiger partial charge in [0.05, 0.1) is 0 Å². The molecule has 1 aromatic carbocycles. The normalized spacial score (nSPS) is 15.0. The number of unbranched alkanes of at least 4 members (excludes halogenated alkanes) is 1. The van der Waals surface area contributed by atoms with Crippen LogP contribution in [0.15, 0.2) is 12.1 Å². The fraction of sp³-hybridized carbons (Fsp3) is 0.579. The van der Waals surface area contributed by atoms with Crippen molar-refractivity contribution in [2.24, 2.45) is 0 Å². The van der Waals surface area contributed by atoms with E-state index in [1.807, 2.05) is 23.6 Å². The fourth-order valence-electron chi connectivity index (χ4n) is 3.32. The molecule has 1 heterocycles. The van der Waals surface area contributed by atoms with Gasteiger partial charge in [0, 0.05) is 38.2 Å². The number of aryl methyl sites for hydroxylation is 3. The number of rotatable bonds is 4. The van der Waals surface area contributed by atoms with Gasteiger partial charge in [-0.25, -0.2) is 0 Å². The molecule has 23 heavy (non-hydrogen) atoms. The number of hydrogen-bond donors (Lipinski definition) is 0. The zero-order valence-electron chi connectivity index (χ0n) is 14.8. The Hall–Kier alpha value is -1.84. The summed E-state index contributed by atoms with van der Waals surface area (Å²) in [4.78, 5) is 28.7. The Morgan fingerprint density at radius 2 is 1.48 bits per heavy atom. The van der Waals surface area contributed by atoms with Crippen LogP contribution in [-0.4, -0.2) is 47.8 Å². The highest BCUT2D eigenvalue weighted by atomic mass is 16.2. The van der Waals surface area contributed by atoms with Crippen LogP contribution < -0.4 is 0 Å². The van der Waals surface area contributed by atoms with Crippen molar-refractivity contribution in [1.82, 2.24) is 9.80 Å². The van der Waals surface area contributed by atoms with E-state index >= 15 is 0 Å². The molecular formula is C19H28N2O2. The minimum atomic E-state index is 0.0978. The van der Waals surface area contributed by atoms with Crippen LogP contribution in [0, 0.1) is 20.8 Å². The van der Waals surface area contributed by atoms with Crippen LogP contribution in [0.2, 0.25) is 0 Å². The maximum atomic E-state index is 12.8. The number of hydrogen-bond acceptors (Lipinski definition) is 2. The molecule has 0 radical (unpaired) electrons.